The summed E-state index contributed by atoms with van der Waals surface area (Å²) in [4.78, 5) is 0. The van der Waals surface area contributed by atoms with Crippen molar-refractivity contribution in [2.45, 2.75) is 41.0 Å². The summed E-state index contributed by atoms with van der Waals surface area (Å²) in [5.41, 5.74) is 1.31. The molecule has 1 N–H and O–H groups in total. The fourth-order valence-corrected chi connectivity index (χ4v) is 2.62. The van der Waals surface area contributed by atoms with Crippen LogP contribution >= 0.6 is 23.2 Å². The Morgan fingerprint density at radius 2 is 1.80 bits per heavy atom. The second-order valence-corrected chi connectivity index (χ2v) is 7.51. The molecule has 0 radical (unpaired) electrons. The van der Waals surface area contributed by atoms with Gasteiger partial charge in [0.25, 0.3) is 0 Å². The number of benzene rings is 1. The van der Waals surface area contributed by atoms with Crippen LogP contribution in [0.4, 0.5) is 0 Å². The SMILES string of the molecule is CC(C)CNCC(C)(Cc1cccc(Cl)c1Cl)C(C)C. The third kappa shape index (κ3) is 4.95. The van der Waals surface area contributed by atoms with E-state index in [1.807, 2.05) is 12.1 Å². The molecule has 0 aliphatic carbocycles. The van der Waals surface area contributed by atoms with Crippen molar-refractivity contribution in [1.29, 1.82) is 0 Å². The molecule has 0 spiro atoms. The highest BCUT2D eigenvalue weighted by Gasteiger charge is 2.29. The van der Waals surface area contributed by atoms with E-state index in [1.165, 1.54) is 0 Å². The summed E-state index contributed by atoms with van der Waals surface area (Å²) in [5, 5.41) is 4.93. The molecule has 0 saturated heterocycles. The van der Waals surface area contributed by atoms with Crippen LogP contribution in [-0.2, 0) is 6.42 Å². The Balaban J connectivity index is 2.83. The van der Waals surface area contributed by atoms with E-state index >= 15 is 0 Å². The first-order valence-electron chi connectivity index (χ1n) is 7.40. The van der Waals surface area contributed by atoms with Crippen molar-refractivity contribution in [2.24, 2.45) is 17.3 Å². The van der Waals surface area contributed by atoms with Crippen molar-refractivity contribution in [1.82, 2.24) is 5.32 Å². The van der Waals surface area contributed by atoms with Crippen LogP contribution < -0.4 is 5.32 Å². The van der Waals surface area contributed by atoms with Crippen molar-refractivity contribution in [3.05, 3.63) is 33.8 Å². The zero-order valence-electron chi connectivity index (χ0n) is 13.3. The Hall–Kier alpha value is -0.240. The second-order valence-electron chi connectivity index (χ2n) is 6.72. The molecule has 1 atom stereocenters. The van der Waals surface area contributed by atoms with Gasteiger partial charge in [-0.15, -0.1) is 0 Å². The highest BCUT2D eigenvalue weighted by Crippen LogP contribution is 2.35. The summed E-state index contributed by atoms with van der Waals surface area (Å²) in [6.07, 6.45) is 0.940. The van der Waals surface area contributed by atoms with Crippen molar-refractivity contribution < 1.29 is 0 Å². The third-order valence-corrected chi connectivity index (χ3v) is 4.96. The maximum Gasteiger partial charge on any atom is 0.0624 e. The summed E-state index contributed by atoms with van der Waals surface area (Å²) in [5.74, 6) is 1.23. The maximum absolute atomic E-state index is 6.34. The van der Waals surface area contributed by atoms with Gasteiger partial charge in [-0.25, -0.2) is 0 Å². The molecule has 0 fully saturated rings. The second kappa shape index (κ2) is 7.68. The predicted octanol–water partition coefficient (Wildman–Crippen LogP) is 5.44. The molecule has 0 bridgehead atoms. The van der Waals surface area contributed by atoms with E-state index in [2.05, 4.69) is 46.0 Å². The van der Waals surface area contributed by atoms with Crippen molar-refractivity contribution in [3.63, 3.8) is 0 Å². The van der Waals surface area contributed by atoms with E-state index in [9.17, 15) is 0 Å². The zero-order chi connectivity index (χ0) is 15.3. The lowest BCUT2D eigenvalue weighted by Gasteiger charge is -2.35. The Labute approximate surface area is 134 Å². The lowest BCUT2D eigenvalue weighted by molar-refractivity contribution is 0.205. The van der Waals surface area contributed by atoms with Gasteiger partial charge in [-0.3, -0.25) is 0 Å². The van der Waals surface area contributed by atoms with Gasteiger partial charge in [-0.1, -0.05) is 70.0 Å². The van der Waals surface area contributed by atoms with Gasteiger partial charge in [0, 0.05) is 6.54 Å². The van der Waals surface area contributed by atoms with Gasteiger partial charge >= 0.3 is 0 Å². The Bertz CT molecular complexity index is 429. The topological polar surface area (TPSA) is 12.0 Å². The molecule has 1 unspecified atom stereocenters. The predicted molar refractivity (Wildman–Crippen MR) is 90.8 cm³/mol. The number of hydrogen-bond donors (Lipinski definition) is 1. The average molecular weight is 316 g/mol. The Kier molecular flexibility index (Phi) is 6.84. The Morgan fingerprint density at radius 1 is 1.15 bits per heavy atom. The lowest BCUT2D eigenvalue weighted by Crippen LogP contribution is -2.39. The van der Waals surface area contributed by atoms with Crippen LogP contribution in [0.5, 0.6) is 0 Å². The van der Waals surface area contributed by atoms with Gasteiger partial charge in [0.2, 0.25) is 0 Å². The molecule has 1 aromatic carbocycles. The fourth-order valence-electron chi connectivity index (χ4n) is 2.24. The first kappa shape index (κ1) is 17.8. The molecular formula is C17H27Cl2N. The van der Waals surface area contributed by atoms with Crippen molar-refractivity contribution in [2.75, 3.05) is 13.1 Å². The normalized spacial score (nSPS) is 14.8. The van der Waals surface area contributed by atoms with E-state index in [1.54, 1.807) is 0 Å². The standard InChI is InChI=1S/C17H27Cl2N/c1-12(2)10-20-11-17(5,13(3)4)9-14-7-6-8-15(18)16(14)19/h6-8,12-13,20H,9-11H2,1-5H3. The molecule has 0 amide bonds. The summed E-state index contributed by atoms with van der Waals surface area (Å²) in [6.45, 7) is 13.4. The van der Waals surface area contributed by atoms with Gasteiger partial charge in [0.1, 0.15) is 0 Å². The van der Waals surface area contributed by atoms with Gasteiger partial charge in [-0.2, -0.15) is 0 Å². The van der Waals surface area contributed by atoms with Gasteiger partial charge in [0.05, 0.1) is 10.0 Å². The van der Waals surface area contributed by atoms with Gasteiger partial charge < -0.3 is 5.32 Å². The minimum Gasteiger partial charge on any atom is -0.316 e. The number of hydrogen-bond acceptors (Lipinski definition) is 1. The smallest absolute Gasteiger partial charge is 0.0624 e. The van der Waals surface area contributed by atoms with Crippen LogP contribution in [0.3, 0.4) is 0 Å². The van der Waals surface area contributed by atoms with Crippen LogP contribution in [0.25, 0.3) is 0 Å². The summed E-state index contributed by atoms with van der Waals surface area (Å²) in [7, 11) is 0. The van der Waals surface area contributed by atoms with Crippen LogP contribution in [-0.4, -0.2) is 13.1 Å². The lowest BCUT2D eigenvalue weighted by atomic mass is 9.74. The van der Waals surface area contributed by atoms with Gasteiger partial charge in [-0.05, 0) is 41.8 Å². The minimum atomic E-state index is 0.170. The van der Waals surface area contributed by atoms with Gasteiger partial charge in [0.15, 0.2) is 0 Å². The maximum atomic E-state index is 6.34. The highest BCUT2D eigenvalue weighted by atomic mass is 35.5. The Morgan fingerprint density at radius 3 is 2.35 bits per heavy atom. The van der Waals surface area contributed by atoms with E-state index in [4.69, 9.17) is 23.2 Å². The molecule has 0 heterocycles. The van der Waals surface area contributed by atoms with E-state index in [-0.39, 0.29) is 5.41 Å². The van der Waals surface area contributed by atoms with E-state index < -0.39 is 0 Å². The summed E-state index contributed by atoms with van der Waals surface area (Å²) >= 11 is 12.5. The molecule has 1 rings (SSSR count). The highest BCUT2D eigenvalue weighted by molar-refractivity contribution is 6.42. The first-order chi connectivity index (χ1) is 9.26. The molecule has 1 nitrogen and oxygen atoms in total. The summed E-state index contributed by atoms with van der Waals surface area (Å²) < 4.78 is 0. The number of rotatable bonds is 7. The molecule has 1 aromatic rings. The third-order valence-electron chi connectivity index (χ3n) is 4.10. The quantitative estimate of drug-likeness (QED) is 0.706. The molecule has 0 aliphatic rings. The molecule has 0 aliphatic heterocycles. The van der Waals surface area contributed by atoms with Crippen LogP contribution in [0, 0.1) is 17.3 Å². The van der Waals surface area contributed by atoms with Crippen LogP contribution in [0.15, 0.2) is 18.2 Å². The van der Waals surface area contributed by atoms with E-state index in [0.717, 1.165) is 25.1 Å². The largest absolute Gasteiger partial charge is 0.316 e. The zero-order valence-corrected chi connectivity index (χ0v) is 14.8. The first-order valence-corrected chi connectivity index (χ1v) is 8.15. The van der Waals surface area contributed by atoms with Crippen molar-refractivity contribution >= 4 is 23.2 Å². The number of nitrogens with one attached hydrogen (secondary N) is 1. The van der Waals surface area contributed by atoms with E-state index in [0.29, 0.717) is 21.9 Å². The molecule has 0 aromatic heterocycles. The minimum absolute atomic E-state index is 0.170. The fraction of sp³-hybridized carbons (Fsp3) is 0.647. The van der Waals surface area contributed by atoms with Crippen LogP contribution in [0.1, 0.15) is 40.2 Å². The molecule has 3 heteroatoms. The molecule has 0 saturated carbocycles. The molecule has 20 heavy (non-hydrogen) atoms. The average Bonchev–Trinajstić information content (AvgIpc) is 2.34. The molecule has 114 valence electrons. The monoisotopic (exact) mass is 315 g/mol. The molecular weight excluding hydrogens is 289 g/mol. The summed E-state index contributed by atoms with van der Waals surface area (Å²) in [6, 6.07) is 5.90. The number of halogens is 2. The van der Waals surface area contributed by atoms with Crippen LogP contribution in [0.2, 0.25) is 10.0 Å². The van der Waals surface area contributed by atoms with Crippen molar-refractivity contribution in [3.8, 4) is 0 Å².